The molecule has 0 aliphatic rings. The van der Waals surface area contributed by atoms with Crippen molar-refractivity contribution in [1.82, 2.24) is 5.32 Å². The van der Waals surface area contributed by atoms with Crippen molar-refractivity contribution in [3.05, 3.63) is 0 Å². The van der Waals surface area contributed by atoms with E-state index in [0.717, 1.165) is 19.4 Å². The normalized spacial score (nSPS) is 12.6. The average Bonchev–Trinajstić information content (AvgIpc) is 2.13. The van der Waals surface area contributed by atoms with Crippen LogP contribution in [-0.2, 0) is 9.53 Å². The molecular formula is C15H31NO2. The van der Waals surface area contributed by atoms with E-state index in [4.69, 9.17) is 4.74 Å². The lowest BCUT2D eigenvalue weighted by molar-refractivity contribution is -0.126. The van der Waals surface area contributed by atoms with Gasteiger partial charge in [-0.05, 0) is 23.7 Å². The van der Waals surface area contributed by atoms with Crippen LogP contribution in [0.2, 0.25) is 0 Å². The molecule has 18 heavy (non-hydrogen) atoms. The van der Waals surface area contributed by atoms with Gasteiger partial charge in [0.1, 0.15) is 6.61 Å². The maximum atomic E-state index is 11.5. The van der Waals surface area contributed by atoms with Crippen molar-refractivity contribution in [2.75, 3.05) is 19.8 Å². The highest BCUT2D eigenvalue weighted by Crippen LogP contribution is 2.21. The van der Waals surface area contributed by atoms with Gasteiger partial charge in [-0.3, -0.25) is 4.79 Å². The molecule has 0 radical (unpaired) electrons. The summed E-state index contributed by atoms with van der Waals surface area (Å²) in [6, 6.07) is 0. The summed E-state index contributed by atoms with van der Waals surface area (Å²) in [7, 11) is 0. The summed E-state index contributed by atoms with van der Waals surface area (Å²) in [6.07, 6.45) is 3.40. The Labute approximate surface area is 113 Å². The molecule has 1 N–H and O–H groups in total. The second-order valence-electron chi connectivity index (χ2n) is 7.42. The van der Waals surface area contributed by atoms with Gasteiger partial charge in [0.2, 0.25) is 5.91 Å². The maximum Gasteiger partial charge on any atom is 0.245 e. The van der Waals surface area contributed by atoms with Crippen LogP contribution >= 0.6 is 0 Å². The number of unbranched alkanes of at least 4 members (excludes halogenated alkanes) is 1. The van der Waals surface area contributed by atoms with Gasteiger partial charge in [0.25, 0.3) is 0 Å². The molecule has 0 aromatic rings. The molecule has 3 nitrogen and oxygen atoms in total. The third-order valence-electron chi connectivity index (χ3n) is 2.44. The van der Waals surface area contributed by atoms with Gasteiger partial charge in [-0.1, -0.05) is 48.0 Å². The smallest absolute Gasteiger partial charge is 0.245 e. The Kier molecular flexibility index (Phi) is 7.53. The van der Waals surface area contributed by atoms with Crippen LogP contribution in [0.15, 0.2) is 0 Å². The average molecular weight is 257 g/mol. The molecule has 0 spiro atoms. The van der Waals surface area contributed by atoms with Gasteiger partial charge < -0.3 is 10.1 Å². The highest BCUT2D eigenvalue weighted by atomic mass is 16.5. The third kappa shape index (κ3) is 13.5. The summed E-state index contributed by atoms with van der Waals surface area (Å²) in [4.78, 5) is 11.5. The van der Waals surface area contributed by atoms with Crippen molar-refractivity contribution in [1.29, 1.82) is 0 Å². The second kappa shape index (κ2) is 7.78. The molecule has 0 atom stereocenters. The molecule has 0 aromatic heterocycles. The number of ether oxygens (including phenoxy) is 1. The SMILES string of the molecule is CC(C)(C)CCCCNC(=O)COCC(C)(C)C. The first-order valence-corrected chi connectivity index (χ1v) is 6.95. The number of hydrogen-bond acceptors (Lipinski definition) is 2. The van der Waals surface area contributed by atoms with Crippen LogP contribution in [-0.4, -0.2) is 25.7 Å². The zero-order valence-corrected chi connectivity index (χ0v) is 13.1. The first kappa shape index (κ1) is 17.4. The summed E-state index contributed by atoms with van der Waals surface area (Å²) in [5.74, 6) is -0.00462. The summed E-state index contributed by atoms with van der Waals surface area (Å²) < 4.78 is 5.36. The topological polar surface area (TPSA) is 38.3 Å². The van der Waals surface area contributed by atoms with Crippen LogP contribution in [0.3, 0.4) is 0 Å². The van der Waals surface area contributed by atoms with Gasteiger partial charge in [0.15, 0.2) is 0 Å². The van der Waals surface area contributed by atoms with E-state index in [2.05, 4.69) is 46.9 Å². The number of rotatable bonds is 7. The van der Waals surface area contributed by atoms with Crippen LogP contribution in [0.1, 0.15) is 60.8 Å². The molecule has 0 heterocycles. The predicted octanol–water partition coefficient (Wildman–Crippen LogP) is 3.38. The molecule has 0 fully saturated rings. The third-order valence-corrected chi connectivity index (χ3v) is 2.44. The quantitative estimate of drug-likeness (QED) is 0.710. The molecule has 0 bridgehead atoms. The van der Waals surface area contributed by atoms with Crippen molar-refractivity contribution >= 4 is 5.91 Å². The van der Waals surface area contributed by atoms with E-state index in [1.165, 1.54) is 6.42 Å². The number of amides is 1. The van der Waals surface area contributed by atoms with Crippen LogP contribution in [0, 0.1) is 10.8 Å². The standard InChI is InChI=1S/C15H31NO2/c1-14(2,3)9-7-8-10-16-13(17)11-18-12-15(4,5)6/h7-12H2,1-6H3,(H,16,17). The number of nitrogens with one attached hydrogen (secondary N) is 1. The van der Waals surface area contributed by atoms with Crippen molar-refractivity contribution in [2.45, 2.75) is 60.8 Å². The minimum atomic E-state index is -0.00462. The van der Waals surface area contributed by atoms with E-state index in [1.54, 1.807) is 0 Å². The fraction of sp³-hybridized carbons (Fsp3) is 0.933. The van der Waals surface area contributed by atoms with Gasteiger partial charge in [-0.25, -0.2) is 0 Å². The summed E-state index contributed by atoms with van der Waals surface area (Å²) in [5.41, 5.74) is 0.507. The molecule has 0 saturated carbocycles. The van der Waals surface area contributed by atoms with Crippen LogP contribution in [0.4, 0.5) is 0 Å². The summed E-state index contributed by atoms with van der Waals surface area (Å²) >= 11 is 0. The fourth-order valence-corrected chi connectivity index (χ4v) is 1.51. The Morgan fingerprint density at radius 3 is 2.11 bits per heavy atom. The predicted molar refractivity (Wildman–Crippen MR) is 76.6 cm³/mol. The van der Waals surface area contributed by atoms with E-state index in [9.17, 15) is 4.79 Å². The van der Waals surface area contributed by atoms with E-state index in [1.807, 2.05) is 0 Å². The summed E-state index contributed by atoms with van der Waals surface area (Å²) in [6.45, 7) is 14.6. The second-order valence-corrected chi connectivity index (χ2v) is 7.42. The lowest BCUT2D eigenvalue weighted by Crippen LogP contribution is -2.30. The van der Waals surface area contributed by atoms with Crippen LogP contribution < -0.4 is 5.32 Å². The van der Waals surface area contributed by atoms with E-state index < -0.39 is 0 Å². The van der Waals surface area contributed by atoms with Gasteiger partial charge in [0, 0.05) is 6.54 Å². The van der Waals surface area contributed by atoms with Crippen LogP contribution in [0.5, 0.6) is 0 Å². The lowest BCUT2D eigenvalue weighted by atomic mass is 9.90. The van der Waals surface area contributed by atoms with Gasteiger partial charge in [0.05, 0.1) is 6.61 Å². The fourth-order valence-electron chi connectivity index (χ4n) is 1.51. The van der Waals surface area contributed by atoms with Crippen molar-refractivity contribution < 1.29 is 9.53 Å². The molecule has 0 saturated heterocycles. The Hall–Kier alpha value is -0.570. The Balaban J connectivity index is 3.44. The van der Waals surface area contributed by atoms with Gasteiger partial charge in [-0.15, -0.1) is 0 Å². The van der Waals surface area contributed by atoms with Gasteiger partial charge in [-0.2, -0.15) is 0 Å². The van der Waals surface area contributed by atoms with Crippen molar-refractivity contribution in [3.63, 3.8) is 0 Å². The van der Waals surface area contributed by atoms with Crippen molar-refractivity contribution in [2.24, 2.45) is 10.8 Å². The Morgan fingerprint density at radius 2 is 1.61 bits per heavy atom. The minimum Gasteiger partial charge on any atom is -0.371 e. The van der Waals surface area contributed by atoms with Gasteiger partial charge >= 0.3 is 0 Å². The molecule has 0 aromatic carbocycles. The maximum absolute atomic E-state index is 11.5. The Morgan fingerprint density at radius 1 is 1.00 bits per heavy atom. The molecule has 3 heteroatoms. The molecule has 0 unspecified atom stereocenters. The zero-order valence-electron chi connectivity index (χ0n) is 13.1. The highest BCUT2D eigenvalue weighted by molar-refractivity contribution is 5.77. The number of carbonyl (C=O) groups excluding carboxylic acids is 1. The van der Waals surface area contributed by atoms with E-state index in [0.29, 0.717) is 12.0 Å². The lowest BCUT2D eigenvalue weighted by Gasteiger charge is -2.18. The van der Waals surface area contributed by atoms with Crippen molar-refractivity contribution in [3.8, 4) is 0 Å². The summed E-state index contributed by atoms with van der Waals surface area (Å²) in [5, 5.41) is 2.89. The van der Waals surface area contributed by atoms with E-state index >= 15 is 0 Å². The highest BCUT2D eigenvalue weighted by Gasteiger charge is 2.11. The largest absolute Gasteiger partial charge is 0.371 e. The molecule has 0 aliphatic heterocycles. The monoisotopic (exact) mass is 257 g/mol. The molecule has 0 rings (SSSR count). The first-order chi connectivity index (χ1) is 8.10. The molecule has 1 amide bonds. The van der Waals surface area contributed by atoms with Crippen LogP contribution in [0.25, 0.3) is 0 Å². The molecule has 0 aliphatic carbocycles. The number of hydrogen-bond donors (Lipinski definition) is 1. The zero-order chi connectivity index (χ0) is 14.2. The van der Waals surface area contributed by atoms with E-state index in [-0.39, 0.29) is 17.9 Å². The molecular weight excluding hydrogens is 226 g/mol. The molecule has 108 valence electrons. The minimum absolute atomic E-state index is 0.00462. The number of carbonyl (C=O) groups is 1. The Bertz CT molecular complexity index is 236. The first-order valence-electron chi connectivity index (χ1n) is 6.95.